The summed E-state index contributed by atoms with van der Waals surface area (Å²) in [5.74, 6) is 0.589. The van der Waals surface area contributed by atoms with Crippen molar-refractivity contribution in [2.45, 2.75) is 26.3 Å². The van der Waals surface area contributed by atoms with Gasteiger partial charge in [-0.25, -0.2) is 4.98 Å². The molecule has 0 atom stereocenters. The Bertz CT molecular complexity index is 1280. The summed E-state index contributed by atoms with van der Waals surface area (Å²) in [6.07, 6.45) is 1.34. The van der Waals surface area contributed by atoms with Crippen molar-refractivity contribution in [2.75, 3.05) is 11.9 Å². The monoisotopic (exact) mass is 460 g/mol. The molecule has 0 bridgehead atoms. The minimum absolute atomic E-state index is 0.0797. The van der Waals surface area contributed by atoms with Gasteiger partial charge in [-0.1, -0.05) is 41.9 Å². The highest BCUT2D eigenvalue weighted by molar-refractivity contribution is 6.30. The van der Waals surface area contributed by atoms with E-state index in [1.807, 2.05) is 60.0 Å². The normalized spacial score (nSPS) is 10.8. The van der Waals surface area contributed by atoms with Crippen LogP contribution in [-0.4, -0.2) is 27.9 Å². The fraction of sp³-hybridized carbons (Fsp3) is 0.192. The van der Waals surface area contributed by atoms with Crippen molar-refractivity contribution in [1.82, 2.24) is 14.9 Å². The van der Waals surface area contributed by atoms with E-state index in [0.29, 0.717) is 35.7 Å². The topological polar surface area (TPSA) is 76.0 Å². The molecule has 0 saturated heterocycles. The van der Waals surface area contributed by atoms with Gasteiger partial charge in [-0.05, 0) is 61.4 Å². The molecule has 168 valence electrons. The number of imidazole rings is 1. The van der Waals surface area contributed by atoms with Crippen LogP contribution in [0.25, 0.3) is 11.0 Å². The van der Waals surface area contributed by atoms with E-state index in [-0.39, 0.29) is 18.4 Å². The van der Waals surface area contributed by atoms with Crippen molar-refractivity contribution in [3.05, 3.63) is 94.8 Å². The lowest BCUT2D eigenvalue weighted by molar-refractivity contribution is -0.116. The number of carbonyl (C=O) groups excluding carboxylic acids is 2. The Morgan fingerprint density at radius 3 is 2.48 bits per heavy atom. The molecule has 4 aromatic rings. The summed E-state index contributed by atoms with van der Waals surface area (Å²) in [6.45, 7) is 2.59. The van der Waals surface area contributed by atoms with Gasteiger partial charge in [-0.3, -0.25) is 9.59 Å². The van der Waals surface area contributed by atoms with Crippen LogP contribution < -0.4 is 10.6 Å². The standard InChI is InChI=1S/C26H25ClN4O2/c1-18-7-2-3-8-21(18)26(33)28-16-6-11-24-30-22-9-4-5-10-23(22)31(24)17-25(32)29-20-14-12-19(27)13-15-20/h2-5,7-10,12-15H,6,11,16-17H2,1H3,(H,28,33)(H,29,32). The zero-order valence-electron chi connectivity index (χ0n) is 18.3. The first-order valence-corrected chi connectivity index (χ1v) is 11.2. The molecule has 3 aromatic carbocycles. The van der Waals surface area contributed by atoms with Crippen LogP contribution in [0, 0.1) is 6.92 Å². The number of aryl methyl sites for hydroxylation is 2. The van der Waals surface area contributed by atoms with Crippen LogP contribution in [0.2, 0.25) is 5.02 Å². The summed E-state index contributed by atoms with van der Waals surface area (Å²) < 4.78 is 1.93. The van der Waals surface area contributed by atoms with Gasteiger partial charge < -0.3 is 15.2 Å². The van der Waals surface area contributed by atoms with Crippen molar-refractivity contribution >= 4 is 40.1 Å². The minimum atomic E-state index is -0.144. The fourth-order valence-electron chi connectivity index (χ4n) is 3.74. The van der Waals surface area contributed by atoms with Gasteiger partial charge in [-0.2, -0.15) is 0 Å². The average molecular weight is 461 g/mol. The predicted molar refractivity (Wildman–Crippen MR) is 132 cm³/mol. The van der Waals surface area contributed by atoms with Crippen molar-refractivity contribution in [1.29, 1.82) is 0 Å². The molecular weight excluding hydrogens is 436 g/mol. The molecular formula is C26H25ClN4O2. The Hall–Kier alpha value is -3.64. The molecule has 7 heteroatoms. The number of fused-ring (bicyclic) bond motifs is 1. The van der Waals surface area contributed by atoms with Crippen molar-refractivity contribution < 1.29 is 9.59 Å². The summed E-state index contributed by atoms with van der Waals surface area (Å²) in [4.78, 5) is 29.9. The SMILES string of the molecule is Cc1ccccc1C(=O)NCCCc1nc2ccccc2n1CC(=O)Nc1ccc(Cl)cc1. The third kappa shape index (κ3) is 5.59. The van der Waals surface area contributed by atoms with Gasteiger partial charge in [0.25, 0.3) is 5.91 Å². The van der Waals surface area contributed by atoms with E-state index in [0.717, 1.165) is 22.4 Å². The molecule has 2 amide bonds. The number of nitrogens with zero attached hydrogens (tertiary/aromatic N) is 2. The Balaban J connectivity index is 1.41. The molecule has 0 radical (unpaired) electrons. The molecule has 1 heterocycles. The maximum Gasteiger partial charge on any atom is 0.251 e. The lowest BCUT2D eigenvalue weighted by Crippen LogP contribution is -2.26. The molecule has 0 aliphatic carbocycles. The number of hydrogen-bond acceptors (Lipinski definition) is 3. The van der Waals surface area contributed by atoms with Crippen LogP contribution in [-0.2, 0) is 17.8 Å². The highest BCUT2D eigenvalue weighted by Gasteiger charge is 2.14. The van der Waals surface area contributed by atoms with Gasteiger partial charge >= 0.3 is 0 Å². The van der Waals surface area contributed by atoms with E-state index in [4.69, 9.17) is 16.6 Å². The third-order valence-corrected chi connectivity index (χ3v) is 5.67. The Morgan fingerprint density at radius 2 is 1.70 bits per heavy atom. The van der Waals surface area contributed by atoms with Crippen LogP contribution in [0.1, 0.15) is 28.2 Å². The van der Waals surface area contributed by atoms with E-state index in [9.17, 15) is 9.59 Å². The van der Waals surface area contributed by atoms with Crippen LogP contribution in [0.4, 0.5) is 5.69 Å². The number of halogens is 1. The average Bonchev–Trinajstić information content (AvgIpc) is 3.15. The van der Waals surface area contributed by atoms with Gasteiger partial charge in [0.15, 0.2) is 0 Å². The molecule has 33 heavy (non-hydrogen) atoms. The highest BCUT2D eigenvalue weighted by Crippen LogP contribution is 2.18. The molecule has 0 aliphatic rings. The predicted octanol–water partition coefficient (Wildman–Crippen LogP) is 5.00. The summed E-state index contributed by atoms with van der Waals surface area (Å²) in [6, 6.07) is 22.3. The van der Waals surface area contributed by atoms with Gasteiger partial charge in [0, 0.05) is 29.2 Å². The van der Waals surface area contributed by atoms with Gasteiger partial charge in [0.1, 0.15) is 12.4 Å². The highest BCUT2D eigenvalue weighted by atomic mass is 35.5. The number of nitrogens with one attached hydrogen (secondary N) is 2. The van der Waals surface area contributed by atoms with Crippen LogP contribution in [0.15, 0.2) is 72.8 Å². The number of rotatable bonds is 8. The first-order chi connectivity index (χ1) is 16.0. The lowest BCUT2D eigenvalue weighted by atomic mass is 10.1. The summed E-state index contributed by atoms with van der Waals surface area (Å²) in [5, 5.41) is 6.49. The molecule has 6 nitrogen and oxygen atoms in total. The molecule has 2 N–H and O–H groups in total. The Morgan fingerprint density at radius 1 is 0.970 bits per heavy atom. The Kier molecular flexibility index (Phi) is 7.05. The number of hydrogen-bond donors (Lipinski definition) is 2. The van der Waals surface area contributed by atoms with Crippen molar-refractivity contribution in [2.24, 2.45) is 0 Å². The second-order valence-corrected chi connectivity index (χ2v) is 8.27. The Labute approximate surface area is 197 Å². The van der Waals surface area contributed by atoms with E-state index in [1.165, 1.54) is 0 Å². The van der Waals surface area contributed by atoms with E-state index in [2.05, 4.69) is 10.6 Å². The maximum absolute atomic E-state index is 12.7. The zero-order valence-corrected chi connectivity index (χ0v) is 19.1. The summed E-state index contributed by atoms with van der Waals surface area (Å²) in [5.41, 5.74) is 4.07. The largest absolute Gasteiger partial charge is 0.352 e. The summed E-state index contributed by atoms with van der Waals surface area (Å²) in [7, 11) is 0. The van der Waals surface area contributed by atoms with E-state index < -0.39 is 0 Å². The molecule has 0 unspecified atom stereocenters. The zero-order chi connectivity index (χ0) is 23.2. The quantitative estimate of drug-likeness (QED) is 0.363. The second-order valence-electron chi connectivity index (χ2n) is 7.83. The molecule has 4 rings (SSSR count). The van der Waals surface area contributed by atoms with Crippen LogP contribution in [0.5, 0.6) is 0 Å². The first-order valence-electron chi connectivity index (χ1n) is 10.8. The maximum atomic E-state index is 12.7. The fourth-order valence-corrected chi connectivity index (χ4v) is 3.87. The first kappa shape index (κ1) is 22.6. The van der Waals surface area contributed by atoms with Crippen molar-refractivity contribution in [3.63, 3.8) is 0 Å². The van der Waals surface area contributed by atoms with E-state index in [1.54, 1.807) is 24.3 Å². The molecule has 0 saturated carbocycles. The molecule has 0 aliphatic heterocycles. The smallest absolute Gasteiger partial charge is 0.251 e. The van der Waals surface area contributed by atoms with Gasteiger partial charge in [0.2, 0.25) is 5.91 Å². The minimum Gasteiger partial charge on any atom is -0.352 e. The number of aromatic nitrogens is 2. The number of carbonyl (C=O) groups is 2. The van der Waals surface area contributed by atoms with Crippen LogP contribution in [0.3, 0.4) is 0 Å². The number of benzene rings is 3. The van der Waals surface area contributed by atoms with Crippen LogP contribution >= 0.6 is 11.6 Å². The number of anilines is 1. The number of amides is 2. The second kappa shape index (κ2) is 10.3. The third-order valence-electron chi connectivity index (χ3n) is 5.42. The van der Waals surface area contributed by atoms with Crippen molar-refractivity contribution in [3.8, 4) is 0 Å². The molecule has 0 spiro atoms. The van der Waals surface area contributed by atoms with E-state index >= 15 is 0 Å². The molecule has 1 aromatic heterocycles. The molecule has 0 fully saturated rings. The summed E-state index contributed by atoms with van der Waals surface area (Å²) >= 11 is 5.92. The lowest BCUT2D eigenvalue weighted by Gasteiger charge is -2.11. The van der Waals surface area contributed by atoms with Gasteiger partial charge in [-0.15, -0.1) is 0 Å². The van der Waals surface area contributed by atoms with Gasteiger partial charge in [0.05, 0.1) is 11.0 Å². The number of para-hydroxylation sites is 2.